The number of aromatic nitrogens is 3. The molecule has 2 aliphatic heterocycles. The number of thiazole rings is 1. The molecule has 5 nitrogen and oxygen atoms in total. The first-order valence-corrected chi connectivity index (χ1v) is 9.90. The first-order valence-electron chi connectivity index (χ1n) is 9.03. The maximum atomic E-state index is 4.82. The van der Waals surface area contributed by atoms with E-state index in [1.54, 1.807) is 11.3 Å². The van der Waals surface area contributed by atoms with E-state index in [0.717, 1.165) is 39.1 Å². The predicted molar refractivity (Wildman–Crippen MR) is 103 cm³/mol. The number of fused-ring (bicyclic) bond motifs is 2. The van der Waals surface area contributed by atoms with Crippen molar-refractivity contribution in [2.75, 3.05) is 24.5 Å². The average molecular weight is 363 g/mol. The highest BCUT2D eigenvalue weighted by Gasteiger charge is 2.48. The molecule has 0 amide bonds. The lowest BCUT2D eigenvalue weighted by Gasteiger charge is -2.25. The molecule has 132 valence electrons. The molecule has 1 fully saturated rings. The standard InChI is InChI=1S/C20H21N5S/c1-3-16(11-21-6-1)12-25-15-20(19-17(25)4-2-7-23-19)5-9-24(14-20)13-18-22-8-10-26-18/h1-4,6-8,10-11H,5,9,12-15H2/t20-/m1/s1. The SMILES string of the molecule is c1cncc(CN2C[C@]3(CCN(Cc4nccs4)C3)c3ncccc32)c1. The van der Waals surface area contributed by atoms with Gasteiger partial charge in [-0.3, -0.25) is 14.9 Å². The average Bonchev–Trinajstić information content (AvgIpc) is 3.39. The van der Waals surface area contributed by atoms with Crippen molar-refractivity contribution in [3.63, 3.8) is 0 Å². The molecule has 1 spiro atoms. The number of rotatable bonds is 4. The smallest absolute Gasteiger partial charge is 0.107 e. The van der Waals surface area contributed by atoms with Gasteiger partial charge in [-0.05, 0) is 36.7 Å². The Kier molecular flexibility index (Phi) is 3.94. The Morgan fingerprint density at radius 3 is 2.85 bits per heavy atom. The summed E-state index contributed by atoms with van der Waals surface area (Å²) in [7, 11) is 0. The van der Waals surface area contributed by atoms with Gasteiger partial charge in [0.15, 0.2) is 0 Å². The van der Waals surface area contributed by atoms with Gasteiger partial charge >= 0.3 is 0 Å². The lowest BCUT2D eigenvalue weighted by Crippen LogP contribution is -2.36. The first kappa shape index (κ1) is 15.9. The highest BCUT2D eigenvalue weighted by atomic mass is 32.1. The minimum absolute atomic E-state index is 0.135. The quantitative estimate of drug-likeness (QED) is 0.713. The van der Waals surface area contributed by atoms with Gasteiger partial charge in [-0.1, -0.05) is 6.07 Å². The molecule has 3 aromatic heterocycles. The van der Waals surface area contributed by atoms with E-state index < -0.39 is 0 Å². The second-order valence-electron chi connectivity index (χ2n) is 7.26. The minimum Gasteiger partial charge on any atom is -0.365 e. The van der Waals surface area contributed by atoms with Crippen molar-refractivity contribution in [1.82, 2.24) is 19.9 Å². The molecule has 0 bridgehead atoms. The maximum Gasteiger partial charge on any atom is 0.107 e. The molecule has 1 saturated heterocycles. The molecule has 1 atom stereocenters. The van der Waals surface area contributed by atoms with Crippen LogP contribution in [-0.4, -0.2) is 39.5 Å². The number of anilines is 1. The van der Waals surface area contributed by atoms with Crippen molar-refractivity contribution in [2.24, 2.45) is 0 Å². The van der Waals surface area contributed by atoms with Crippen molar-refractivity contribution in [2.45, 2.75) is 24.9 Å². The predicted octanol–water partition coefficient (Wildman–Crippen LogP) is 3.10. The number of likely N-dealkylation sites (tertiary alicyclic amines) is 1. The molecule has 0 aliphatic carbocycles. The molecule has 26 heavy (non-hydrogen) atoms. The van der Waals surface area contributed by atoms with E-state index >= 15 is 0 Å². The van der Waals surface area contributed by atoms with Crippen molar-refractivity contribution in [3.8, 4) is 0 Å². The number of nitrogens with zero attached hydrogens (tertiary/aromatic N) is 5. The van der Waals surface area contributed by atoms with Crippen molar-refractivity contribution < 1.29 is 0 Å². The van der Waals surface area contributed by atoms with Gasteiger partial charge in [0.05, 0.1) is 17.9 Å². The summed E-state index contributed by atoms with van der Waals surface area (Å²) in [5.74, 6) is 0. The van der Waals surface area contributed by atoms with Crippen LogP contribution in [0.2, 0.25) is 0 Å². The van der Waals surface area contributed by atoms with Crippen LogP contribution in [0.1, 0.15) is 22.7 Å². The Morgan fingerprint density at radius 2 is 2.00 bits per heavy atom. The Balaban J connectivity index is 1.40. The normalized spacial score (nSPS) is 22.2. The highest BCUT2D eigenvalue weighted by Crippen LogP contribution is 2.45. The topological polar surface area (TPSA) is 45.2 Å². The zero-order chi connectivity index (χ0) is 17.4. The van der Waals surface area contributed by atoms with E-state index in [0.29, 0.717) is 0 Å². The minimum atomic E-state index is 0.135. The van der Waals surface area contributed by atoms with Crippen LogP contribution in [0.15, 0.2) is 54.4 Å². The number of hydrogen-bond donors (Lipinski definition) is 0. The third-order valence-electron chi connectivity index (χ3n) is 5.49. The molecule has 0 saturated carbocycles. The molecular weight excluding hydrogens is 342 g/mol. The Morgan fingerprint density at radius 1 is 1.04 bits per heavy atom. The third-order valence-corrected chi connectivity index (χ3v) is 6.26. The summed E-state index contributed by atoms with van der Waals surface area (Å²) in [6.07, 6.45) is 8.79. The van der Waals surface area contributed by atoms with Crippen LogP contribution < -0.4 is 4.90 Å². The highest BCUT2D eigenvalue weighted by molar-refractivity contribution is 7.09. The van der Waals surface area contributed by atoms with E-state index in [-0.39, 0.29) is 5.41 Å². The lowest BCUT2D eigenvalue weighted by molar-refractivity contribution is 0.304. The fourth-order valence-electron chi connectivity index (χ4n) is 4.38. The van der Waals surface area contributed by atoms with Gasteiger partial charge in [0.1, 0.15) is 5.01 Å². The summed E-state index contributed by atoms with van der Waals surface area (Å²) in [5.41, 5.74) is 3.94. The summed E-state index contributed by atoms with van der Waals surface area (Å²) < 4.78 is 0. The Hall–Kier alpha value is -2.31. The van der Waals surface area contributed by atoms with Crippen LogP contribution in [0.25, 0.3) is 0 Å². The molecule has 2 aliphatic rings. The Labute approximate surface area is 157 Å². The molecule has 3 aromatic rings. The molecule has 0 radical (unpaired) electrons. The van der Waals surface area contributed by atoms with Crippen LogP contribution in [0.4, 0.5) is 5.69 Å². The summed E-state index contributed by atoms with van der Waals surface area (Å²) >= 11 is 1.74. The molecule has 0 unspecified atom stereocenters. The zero-order valence-corrected chi connectivity index (χ0v) is 15.4. The Bertz CT molecular complexity index is 882. The van der Waals surface area contributed by atoms with Crippen LogP contribution in [0, 0.1) is 0 Å². The third kappa shape index (κ3) is 2.79. The second kappa shape index (κ2) is 6.45. The lowest BCUT2D eigenvalue weighted by atomic mass is 9.85. The van der Waals surface area contributed by atoms with Gasteiger partial charge in [-0.2, -0.15) is 0 Å². The van der Waals surface area contributed by atoms with Crippen LogP contribution in [0.5, 0.6) is 0 Å². The fourth-order valence-corrected chi connectivity index (χ4v) is 5.03. The van der Waals surface area contributed by atoms with E-state index in [1.807, 2.05) is 30.9 Å². The molecule has 6 heteroatoms. The van der Waals surface area contributed by atoms with Crippen LogP contribution in [0.3, 0.4) is 0 Å². The maximum absolute atomic E-state index is 4.82. The van der Waals surface area contributed by atoms with E-state index in [1.165, 1.54) is 22.0 Å². The van der Waals surface area contributed by atoms with Gasteiger partial charge in [-0.15, -0.1) is 11.3 Å². The fraction of sp³-hybridized carbons (Fsp3) is 0.350. The largest absolute Gasteiger partial charge is 0.365 e. The van der Waals surface area contributed by atoms with Gasteiger partial charge in [0.25, 0.3) is 0 Å². The van der Waals surface area contributed by atoms with Crippen molar-refractivity contribution in [3.05, 3.63) is 70.7 Å². The van der Waals surface area contributed by atoms with E-state index in [9.17, 15) is 0 Å². The summed E-state index contributed by atoms with van der Waals surface area (Å²) in [6.45, 7) is 5.03. The molecule has 0 N–H and O–H groups in total. The molecule has 5 rings (SSSR count). The molecule has 5 heterocycles. The first-order chi connectivity index (χ1) is 12.8. The van der Waals surface area contributed by atoms with Gasteiger partial charge in [0, 0.05) is 55.2 Å². The summed E-state index contributed by atoms with van der Waals surface area (Å²) in [6, 6.07) is 8.43. The van der Waals surface area contributed by atoms with Gasteiger partial charge in [0.2, 0.25) is 0 Å². The van der Waals surface area contributed by atoms with Crippen LogP contribution >= 0.6 is 11.3 Å². The molecule has 0 aromatic carbocycles. The second-order valence-corrected chi connectivity index (χ2v) is 8.23. The van der Waals surface area contributed by atoms with Crippen LogP contribution in [-0.2, 0) is 18.5 Å². The monoisotopic (exact) mass is 363 g/mol. The number of pyridine rings is 2. The zero-order valence-electron chi connectivity index (χ0n) is 14.6. The number of hydrogen-bond acceptors (Lipinski definition) is 6. The summed E-state index contributed by atoms with van der Waals surface area (Å²) in [5, 5.41) is 3.26. The summed E-state index contributed by atoms with van der Waals surface area (Å²) in [4.78, 5) is 18.6. The van der Waals surface area contributed by atoms with Crippen molar-refractivity contribution >= 4 is 17.0 Å². The van der Waals surface area contributed by atoms with E-state index in [4.69, 9.17) is 4.98 Å². The van der Waals surface area contributed by atoms with E-state index in [2.05, 4.69) is 43.3 Å². The van der Waals surface area contributed by atoms with Gasteiger partial charge < -0.3 is 4.90 Å². The molecular formula is C20H21N5S. The van der Waals surface area contributed by atoms with Crippen molar-refractivity contribution in [1.29, 1.82) is 0 Å². The van der Waals surface area contributed by atoms with Gasteiger partial charge in [-0.25, -0.2) is 4.98 Å².